The van der Waals surface area contributed by atoms with Crippen LogP contribution in [0, 0.1) is 23.0 Å². The maximum Gasteiger partial charge on any atom is 0.335 e. The van der Waals surface area contributed by atoms with Gasteiger partial charge in [-0.15, -0.1) is 0 Å². The fourth-order valence-corrected chi connectivity index (χ4v) is 5.35. The number of aromatic nitrogens is 2. The second-order valence-electron chi connectivity index (χ2n) is 10.5. The van der Waals surface area contributed by atoms with Crippen molar-refractivity contribution < 1.29 is 23.5 Å². The van der Waals surface area contributed by atoms with Gasteiger partial charge < -0.3 is 15.0 Å². The van der Waals surface area contributed by atoms with E-state index in [2.05, 4.69) is 10.3 Å². The quantitative estimate of drug-likeness (QED) is 0.205. The summed E-state index contributed by atoms with van der Waals surface area (Å²) in [4.78, 5) is 29.4. The van der Waals surface area contributed by atoms with Gasteiger partial charge in [0.15, 0.2) is 0 Å². The van der Waals surface area contributed by atoms with Crippen LogP contribution in [0.1, 0.15) is 50.4 Å². The Balaban J connectivity index is 1.42. The first-order valence-corrected chi connectivity index (χ1v) is 13.7. The van der Waals surface area contributed by atoms with Crippen LogP contribution in [-0.2, 0) is 6.54 Å². The lowest BCUT2D eigenvalue weighted by molar-refractivity contribution is 0.0696. The van der Waals surface area contributed by atoms with Gasteiger partial charge in [0.1, 0.15) is 11.6 Å². The van der Waals surface area contributed by atoms with E-state index in [9.17, 15) is 28.7 Å². The highest BCUT2D eigenvalue weighted by atomic mass is 19.1. The molecular formula is C35H24F2N4O3. The molecule has 2 aromatic heterocycles. The van der Waals surface area contributed by atoms with Crippen molar-refractivity contribution in [1.82, 2.24) is 14.9 Å². The summed E-state index contributed by atoms with van der Waals surface area (Å²) in [7, 11) is 0. The zero-order valence-corrected chi connectivity index (χ0v) is 23.4. The lowest BCUT2D eigenvalue weighted by Crippen LogP contribution is -2.27. The molecule has 1 atom stereocenters. The number of amides is 1. The number of hydrogen-bond donors (Lipinski definition) is 2. The van der Waals surface area contributed by atoms with Crippen LogP contribution in [0.3, 0.4) is 0 Å². The van der Waals surface area contributed by atoms with Gasteiger partial charge in [-0.05, 0) is 89.8 Å². The van der Waals surface area contributed by atoms with Gasteiger partial charge in [0.05, 0.1) is 46.0 Å². The van der Waals surface area contributed by atoms with Crippen LogP contribution in [-0.4, -0.2) is 26.5 Å². The van der Waals surface area contributed by atoms with E-state index >= 15 is 0 Å². The largest absolute Gasteiger partial charge is 0.478 e. The number of nitriles is 1. The first-order valence-electron chi connectivity index (χ1n) is 13.7. The Morgan fingerprint density at radius 2 is 1.70 bits per heavy atom. The fourth-order valence-electron chi connectivity index (χ4n) is 5.35. The van der Waals surface area contributed by atoms with Crippen LogP contribution >= 0.6 is 0 Å². The van der Waals surface area contributed by atoms with E-state index in [0.29, 0.717) is 39.7 Å². The third kappa shape index (κ3) is 5.61. The molecule has 0 aliphatic carbocycles. The summed E-state index contributed by atoms with van der Waals surface area (Å²) in [6, 6.07) is 24.2. The Bertz CT molecular complexity index is 2130. The number of nitrogens with one attached hydrogen (secondary N) is 1. The maximum atomic E-state index is 14.4. The Morgan fingerprint density at radius 1 is 0.932 bits per heavy atom. The zero-order valence-electron chi connectivity index (χ0n) is 23.4. The average Bonchev–Trinajstić information content (AvgIpc) is 3.42. The zero-order chi connectivity index (χ0) is 31.0. The molecule has 0 bridgehead atoms. The minimum Gasteiger partial charge on any atom is -0.478 e. The van der Waals surface area contributed by atoms with Crippen molar-refractivity contribution in [3.8, 4) is 17.2 Å². The van der Waals surface area contributed by atoms with Crippen LogP contribution in [0.2, 0.25) is 0 Å². The van der Waals surface area contributed by atoms with Crippen LogP contribution < -0.4 is 5.32 Å². The summed E-state index contributed by atoms with van der Waals surface area (Å²) < 4.78 is 30.0. The minimum atomic E-state index is -1.04. The minimum absolute atomic E-state index is 0.139. The number of carbonyl (C=O) groups excluding carboxylic acids is 1. The van der Waals surface area contributed by atoms with E-state index in [1.165, 1.54) is 30.5 Å². The fraction of sp³-hybridized carbons (Fsp3) is 0.0857. The lowest BCUT2D eigenvalue weighted by atomic mass is 9.98. The van der Waals surface area contributed by atoms with Crippen molar-refractivity contribution >= 4 is 33.7 Å². The van der Waals surface area contributed by atoms with Gasteiger partial charge in [0.2, 0.25) is 0 Å². The first-order chi connectivity index (χ1) is 21.2. The molecule has 7 nitrogen and oxygen atoms in total. The molecule has 0 aliphatic rings. The highest BCUT2D eigenvalue weighted by Gasteiger charge is 2.20. The van der Waals surface area contributed by atoms with Crippen LogP contribution in [0.15, 0.2) is 97.3 Å². The van der Waals surface area contributed by atoms with Crippen LogP contribution in [0.4, 0.5) is 8.78 Å². The molecule has 1 amide bonds. The molecule has 0 saturated carbocycles. The number of rotatable bonds is 7. The molecule has 0 aliphatic heterocycles. The van der Waals surface area contributed by atoms with Gasteiger partial charge in [-0.25, -0.2) is 13.6 Å². The molecule has 2 N–H and O–H groups in total. The van der Waals surface area contributed by atoms with E-state index in [-0.39, 0.29) is 17.0 Å². The molecule has 0 fully saturated rings. The average molecular weight is 587 g/mol. The van der Waals surface area contributed by atoms with Crippen LogP contribution in [0.25, 0.3) is 32.9 Å². The van der Waals surface area contributed by atoms with Crippen molar-refractivity contribution in [3.05, 3.63) is 137 Å². The smallest absolute Gasteiger partial charge is 0.335 e. The van der Waals surface area contributed by atoms with Crippen molar-refractivity contribution in [2.75, 3.05) is 0 Å². The molecular weight excluding hydrogens is 562 g/mol. The summed E-state index contributed by atoms with van der Waals surface area (Å²) in [6.45, 7) is 2.19. The van der Waals surface area contributed by atoms with E-state index in [4.69, 9.17) is 0 Å². The molecule has 0 saturated heterocycles. The van der Waals surface area contributed by atoms with Gasteiger partial charge in [-0.1, -0.05) is 24.3 Å². The predicted molar refractivity (Wildman–Crippen MR) is 162 cm³/mol. The monoisotopic (exact) mass is 586 g/mol. The summed E-state index contributed by atoms with van der Waals surface area (Å²) >= 11 is 0. The topological polar surface area (TPSA) is 108 Å². The van der Waals surface area contributed by atoms with Crippen LogP contribution in [0.5, 0.6) is 0 Å². The van der Waals surface area contributed by atoms with Crippen molar-refractivity contribution in [2.24, 2.45) is 0 Å². The molecule has 216 valence electrons. The normalized spacial score (nSPS) is 11.8. The third-order valence-electron chi connectivity index (χ3n) is 7.54. The van der Waals surface area contributed by atoms with E-state index in [1.54, 1.807) is 37.3 Å². The summed E-state index contributed by atoms with van der Waals surface area (Å²) in [5.41, 5.74) is 4.54. The highest BCUT2D eigenvalue weighted by Crippen LogP contribution is 2.31. The summed E-state index contributed by atoms with van der Waals surface area (Å²) in [6.07, 6.45) is 3.02. The second kappa shape index (κ2) is 11.4. The molecule has 0 spiro atoms. The van der Waals surface area contributed by atoms with E-state index < -0.39 is 23.6 Å². The molecule has 2 heterocycles. The van der Waals surface area contributed by atoms with E-state index in [1.807, 2.05) is 41.1 Å². The number of hydrogen-bond acceptors (Lipinski definition) is 4. The molecule has 6 aromatic rings. The number of pyridine rings is 1. The number of carboxylic acid groups (broad SMARTS) is 1. The number of halogens is 2. The Morgan fingerprint density at radius 3 is 2.45 bits per heavy atom. The SMILES string of the molecule is C[C@H](NC(=O)c1cc(-c2cc(F)cc(C#N)c2)cc2ccn(Cc3ccc4cc(F)cnc4c3)c12)c1ccc(C(=O)O)cc1. The van der Waals surface area contributed by atoms with Gasteiger partial charge >= 0.3 is 5.97 Å². The number of carbonyl (C=O) groups is 2. The van der Waals surface area contributed by atoms with Crippen molar-refractivity contribution in [2.45, 2.75) is 19.5 Å². The van der Waals surface area contributed by atoms with Gasteiger partial charge in [-0.2, -0.15) is 5.26 Å². The molecule has 9 heteroatoms. The van der Waals surface area contributed by atoms with Crippen molar-refractivity contribution in [1.29, 1.82) is 5.26 Å². The van der Waals surface area contributed by atoms with Crippen molar-refractivity contribution in [3.63, 3.8) is 0 Å². The number of aromatic carboxylic acids is 1. The number of nitrogens with zero attached hydrogens (tertiary/aromatic N) is 3. The Hall–Kier alpha value is -5.88. The number of fused-ring (bicyclic) bond motifs is 2. The van der Waals surface area contributed by atoms with E-state index in [0.717, 1.165) is 22.6 Å². The molecule has 6 rings (SSSR count). The standard InChI is InChI=1S/C35H24F2N4O3/c1-20(23-4-6-24(7-5-23)35(43)44)40-34(42)31-16-28(27-10-22(17-38)11-29(36)15-27)13-26-8-9-41(33(26)31)19-21-2-3-25-14-30(37)18-39-32(25)12-21/h2-16,18,20H,19H2,1H3,(H,40,42)(H,43,44)/t20-/m0/s1. The molecule has 44 heavy (non-hydrogen) atoms. The predicted octanol–water partition coefficient (Wildman–Crippen LogP) is 7.24. The number of carboxylic acids is 1. The lowest BCUT2D eigenvalue weighted by Gasteiger charge is -2.17. The summed E-state index contributed by atoms with van der Waals surface area (Å²) in [5, 5.41) is 23.0. The third-order valence-corrected chi connectivity index (χ3v) is 7.54. The summed E-state index contributed by atoms with van der Waals surface area (Å²) in [5.74, 6) is -2.41. The second-order valence-corrected chi connectivity index (χ2v) is 10.5. The maximum absolute atomic E-state index is 14.4. The molecule has 4 aromatic carbocycles. The van der Waals surface area contributed by atoms with Gasteiger partial charge in [0, 0.05) is 23.5 Å². The number of benzene rings is 4. The Kier molecular flexibility index (Phi) is 7.33. The van der Waals surface area contributed by atoms with Gasteiger partial charge in [0.25, 0.3) is 5.91 Å². The molecule has 0 radical (unpaired) electrons. The highest BCUT2D eigenvalue weighted by molar-refractivity contribution is 6.08. The first kappa shape index (κ1) is 28.2. The molecule has 0 unspecified atom stereocenters. The van der Waals surface area contributed by atoms with Gasteiger partial charge in [-0.3, -0.25) is 9.78 Å². The Labute approximate surface area is 250 Å².